The summed E-state index contributed by atoms with van der Waals surface area (Å²) in [5.41, 5.74) is 6.58. The van der Waals surface area contributed by atoms with Crippen LogP contribution in [0.3, 0.4) is 0 Å². The van der Waals surface area contributed by atoms with Crippen LogP contribution in [0, 0.1) is 0 Å². The smallest absolute Gasteiger partial charge is 0.234 e. The molecule has 3 heterocycles. The van der Waals surface area contributed by atoms with E-state index in [9.17, 15) is 0 Å². The van der Waals surface area contributed by atoms with Gasteiger partial charge >= 0.3 is 0 Å². The first-order chi connectivity index (χ1) is 9.81. The fourth-order valence-electron chi connectivity index (χ4n) is 2.72. The van der Waals surface area contributed by atoms with Gasteiger partial charge in [0.15, 0.2) is 5.82 Å². The van der Waals surface area contributed by atoms with Crippen LogP contribution < -0.4 is 5.73 Å². The summed E-state index contributed by atoms with van der Waals surface area (Å²) in [6, 6.07) is 3.72. The van der Waals surface area contributed by atoms with Crippen molar-refractivity contribution >= 4 is 22.1 Å². The molecule has 0 aromatic carbocycles. The molecule has 0 spiro atoms. The second-order valence-electron chi connectivity index (χ2n) is 5.11. The van der Waals surface area contributed by atoms with E-state index in [2.05, 4.69) is 20.3 Å². The number of rotatable bonds is 2. The molecule has 0 unspecified atom stereocenters. The Bertz CT molecular complexity index is 738. The van der Waals surface area contributed by atoms with Gasteiger partial charge in [-0.25, -0.2) is 4.98 Å². The van der Waals surface area contributed by atoms with Gasteiger partial charge in [0.2, 0.25) is 4.96 Å². The second kappa shape index (κ2) is 4.52. The highest BCUT2D eigenvalue weighted by molar-refractivity contribution is 7.19. The lowest BCUT2D eigenvalue weighted by atomic mass is 10.1. The Morgan fingerprint density at radius 2 is 2.05 bits per heavy atom. The molecule has 1 aliphatic carbocycles. The molecule has 20 heavy (non-hydrogen) atoms. The molecule has 0 atom stereocenters. The molecule has 0 bridgehead atoms. The first kappa shape index (κ1) is 11.8. The highest BCUT2D eigenvalue weighted by atomic mass is 32.1. The molecule has 0 radical (unpaired) electrons. The standard InChI is InChI=1S/C13H14N6S/c14-10-6-5-9(7-15-10)12-18-19-11(8-3-1-2-4-8)16-17-13(19)20-12/h5-8H,1-4H2,(H2,14,15). The first-order valence-corrected chi connectivity index (χ1v) is 7.57. The highest BCUT2D eigenvalue weighted by Gasteiger charge is 2.24. The molecule has 0 saturated heterocycles. The number of aromatic nitrogens is 5. The molecule has 6 nitrogen and oxygen atoms in total. The van der Waals surface area contributed by atoms with E-state index in [0.29, 0.717) is 11.7 Å². The van der Waals surface area contributed by atoms with Crippen molar-refractivity contribution in [2.24, 2.45) is 0 Å². The van der Waals surface area contributed by atoms with Crippen LogP contribution in [0.2, 0.25) is 0 Å². The van der Waals surface area contributed by atoms with Crippen molar-refractivity contribution in [1.82, 2.24) is 24.8 Å². The summed E-state index contributed by atoms with van der Waals surface area (Å²) in [6.45, 7) is 0. The predicted molar refractivity (Wildman–Crippen MR) is 77.5 cm³/mol. The molecule has 1 saturated carbocycles. The minimum Gasteiger partial charge on any atom is -0.384 e. The summed E-state index contributed by atoms with van der Waals surface area (Å²) >= 11 is 1.53. The van der Waals surface area contributed by atoms with E-state index in [1.54, 1.807) is 12.3 Å². The number of nitrogen functional groups attached to an aromatic ring is 1. The average Bonchev–Trinajstić information content (AvgIpc) is 3.15. The van der Waals surface area contributed by atoms with Crippen LogP contribution in [-0.2, 0) is 0 Å². The highest BCUT2D eigenvalue weighted by Crippen LogP contribution is 2.34. The van der Waals surface area contributed by atoms with Crippen molar-refractivity contribution in [3.8, 4) is 10.6 Å². The van der Waals surface area contributed by atoms with Crippen LogP contribution in [0.15, 0.2) is 18.3 Å². The molecule has 7 heteroatoms. The lowest BCUT2D eigenvalue weighted by Crippen LogP contribution is -2.01. The predicted octanol–water partition coefficient (Wildman–Crippen LogP) is 2.49. The van der Waals surface area contributed by atoms with Gasteiger partial charge in [-0.3, -0.25) is 0 Å². The fourth-order valence-corrected chi connectivity index (χ4v) is 3.56. The molecule has 1 fully saturated rings. The van der Waals surface area contributed by atoms with Crippen molar-refractivity contribution in [1.29, 1.82) is 0 Å². The molecule has 0 aliphatic heterocycles. The van der Waals surface area contributed by atoms with E-state index < -0.39 is 0 Å². The van der Waals surface area contributed by atoms with E-state index in [-0.39, 0.29) is 0 Å². The largest absolute Gasteiger partial charge is 0.384 e. The molecule has 0 amide bonds. The minimum absolute atomic E-state index is 0.504. The second-order valence-corrected chi connectivity index (χ2v) is 6.07. The number of pyridine rings is 1. The van der Waals surface area contributed by atoms with Crippen molar-refractivity contribution in [2.75, 3.05) is 5.73 Å². The monoisotopic (exact) mass is 286 g/mol. The maximum atomic E-state index is 5.61. The van der Waals surface area contributed by atoms with Gasteiger partial charge in [-0.15, -0.1) is 10.2 Å². The van der Waals surface area contributed by atoms with Crippen molar-refractivity contribution in [2.45, 2.75) is 31.6 Å². The van der Waals surface area contributed by atoms with Crippen LogP contribution >= 0.6 is 11.3 Å². The Labute approximate surface area is 119 Å². The summed E-state index contributed by atoms with van der Waals surface area (Å²) < 4.78 is 1.90. The van der Waals surface area contributed by atoms with Gasteiger partial charge in [0, 0.05) is 17.7 Å². The molecule has 2 N–H and O–H groups in total. The Morgan fingerprint density at radius 1 is 1.20 bits per heavy atom. The van der Waals surface area contributed by atoms with Gasteiger partial charge in [0.25, 0.3) is 0 Å². The SMILES string of the molecule is Nc1ccc(-c2nn3c(C4CCCC4)nnc3s2)cn1. The van der Waals surface area contributed by atoms with Crippen molar-refractivity contribution in [3.05, 3.63) is 24.2 Å². The van der Waals surface area contributed by atoms with Crippen LogP contribution in [0.25, 0.3) is 15.5 Å². The lowest BCUT2D eigenvalue weighted by molar-refractivity contribution is 0.641. The number of fused-ring (bicyclic) bond motifs is 1. The van der Waals surface area contributed by atoms with E-state index >= 15 is 0 Å². The normalized spacial score (nSPS) is 16.2. The third-order valence-electron chi connectivity index (χ3n) is 3.77. The van der Waals surface area contributed by atoms with Gasteiger partial charge in [-0.1, -0.05) is 24.2 Å². The quantitative estimate of drug-likeness (QED) is 0.782. The number of anilines is 1. The summed E-state index contributed by atoms with van der Waals surface area (Å²) in [5, 5.41) is 14.1. The van der Waals surface area contributed by atoms with Crippen LogP contribution in [0.1, 0.15) is 37.4 Å². The average molecular weight is 286 g/mol. The minimum atomic E-state index is 0.504. The number of nitrogens with zero attached hydrogens (tertiary/aromatic N) is 5. The van der Waals surface area contributed by atoms with Crippen LogP contribution in [0.4, 0.5) is 5.82 Å². The first-order valence-electron chi connectivity index (χ1n) is 6.75. The zero-order chi connectivity index (χ0) is 13.5. The van der Waals surface area contributed by atoms with Gasteiger partial charge in [-0.05, 0) is 25.0 Å². The number of hydrogen-bond acceptors (Lipinski definition) is 6. The Morgan fingerprint density at radius 3 is 2.80 bits per heavy atom. The van der Waals surface area contributed by atoms with Crippen molar-refractivity contribution < 1.29 is 0 Å². The molecular weight excluding hydrogens is 272 g/mol. The Balaban J connectivity index is 1.77. The summed E-state index contributed by atoms with van der Waals surface area (Å²) in [6.07, 6.45) is 6.68. The van der Waals surface area contributed by atoms with Crippen molar-refractivity contribution in [3.63, 3.8) is 0 Å². The van der Waals surface area contributed by atoms with Crippen LogP contribution in [-0.4, -0.2) is 24.8 Å². The van der Waals surface area contributed by atoms with E-state index in [1.807, 2.05) is 10.6 Å². The van der Waals surface area contributed by atoms with Gasteiger partial charge in [0.1, 0.15) is 10.8 Å². The third-order valence-corrected chi connectivity index (χ3v) is 4.72. The number of hydrogen-bond donors (Lipinski definition) is 1. The maximum absolute atomic E-state index is 5.61. The fraction of sp³-hybridized carbons (Fsp3) is 0.385. The lowest BCUT2D eigenvalue weighted by Gasteiger charge is -2.03. The molecule has 102 valence electrons. The van der Waals surface area contributed by atoms with E-state index in [0.717, 1.165) is 21.4 Å². The topological polar surface area (TPSA) is 82.0 Å². The number of nitrogens with two attached hydrogens (primary N) is 1. The zero-order valence-electron chi connectivity index (χ0n) is 10.9. The van der Waals surface area contributed by atoms with Gasteiger partial charge in [-0.2, -0.15) is 9.61 Å². The zero-order valence-corrected chi connectivity index (χ0v) is 11.7. The Hall–Kier alpha value is -2.02. The molecule has 3 aromatic rings. The van der Waals surface area contributed by atoms with E-state index in [4.69, 9.17) is 5.73 Å². The third kappa shape index (κ3) is 1.85. The van der Waals surface area contributed by atoms with Gasteiger partial charge < -0.3 is 5.73 Å². The van der Waals surface area contributed by atoms with Crippen LogP contribution in [0.5, 0.6) is 0 Å². The summed E-state index contributed by atoms with van der Waals surface area (Å²) in [5.74, 6) is 2.02. The van der Waals surface area contributed by atoms with Gasteiger partial charge in [0.05, 0.1) is 0 Å². The molecule has 4 rings (SSSR count). The Kier molecular flexibility index (Phi) is 2.66. The molecular formula is C13H14N6S. The summed E-state index contributed by atoms with van der Waals surface area (Å²) in [7, 11) is 0. The van der Waals surface area contributed by atoms with E-state index in [1.165, 1.54) is 37.0 Å². The maximum Gasteiger partial charge on any atom is 0.234 e. The summed E-state index contributed by atoms with van der Waals surface area (Å²) in [4.78, 5) is 4.96. The molecule has 1 aliphatic rings. The molecule has 3 aromatic heterocycles.